The molecule has 2 aliphatic heterocycles. The lowest BCUT2D eigenvalue weighted by Gasteiger charge is -2.04. The molecule has 2 nitrogen and oxygen atoms in total. The summed E-state index contributed by atoms with van der Waals surface area (Å²) in [6.45, 7) is 7.10. The third kappa shape index (κ3) is 1.77. The van der Waals surface area contributed by atoms with Crippen molar-refractivity contribution in [1.82, 2.24) is 0 Å². The van der Waals surface area contributed by atoms with Gasteiger partial charge in [0.1, 0.15) is 13.1 Å². The Hall–Kier alpha value is -0.790. The molecule has 13 heavy (non-hydrogen) atoms. The van der Waals surface area contributed by atoms with Crippen LogP contribution in [-0.2, 0) is 4.74 Å². The summed E-state index contributed by atoms with van der Waals surface area (Å²) in [6, 6.07) is 0. The van der Waals surface area contributed by atoms with Crippen molar-refractivity contribution in [3.8, 4) is 0 Å². The Balaban J connectivity index is 2.11. The monoisotopic (exact) mass is 180 g/mol. The third-order valence-electron chi connectivity index (χ3n) is 2.93. The van der Waals surface area contributed by atoms with Gasteiger partial charge in [-0.25, -0.2) is 4.58 Å². The summed E-state index contributed by atoms with van der Waals surface area (Å²) >= 11 is 0. The van der Waals surface area contributed by atoms with Gasteiger partial charge in [0, 0.05) is 12.8 Å². The molecule has 0 aromatic carbocycles. The van der Waals surface area contributed by atoms with Crippen molar-refractivity contribution < 1.29 is 9.31 Å². The van der Waals surface area contributed by atoms with E-state index in [1.807, 2.05) is 6.08 Å². The Morgan fingerprint density at radius 3 is 2.92 bits per heavy atom. The highest BCUT2D eigenvalue weighted by molar-refractivity contribution is 5.75. The maximum absolute atomic E-state index is 5.70. The lowest BCUT2D eigenvalue weighted by Crippen LogP contribution is -2.23. The first kappa shape index (κ1) is 8.79. The van der Waals surface area contributed by atoms with Crippen molar-refractivity contribution in [1.29, 1.82) is 0 Å². The fourth-order valence-electron chi connectivity index (χ4n) is 2.25. The Labute approximate surface area is 79.9 Å². The van der Waals surface area contributed by atoms with Gasteiger partial charge in [-0.3, -0.25) is 0 Å². The number of hydrogen-bond donors (Lipinski definition) is 0. The molecule has 72 valence electrons. The van der Waals surface area contributed by atoms with E-state index in [0.717, 1.165) is 13.0 Å². The van der Waals surface area contributed by atoms with E-state index >= 15 is 0 Å². The van der Waals surface area contributed by atoms with E-state index in [0.29, 0.717) is 5.92 Å². The van der Waals surface area contributed by atoms with E-state index in [9.17, 15) is 0 Å². The molecule has 0 saturated carbocycles. The zero-order valence-electron chi connectivity index (χ0n) is 8.17. The molecule has 1 atom stereocenters. The molecule has 2 heterocycles. The minimum absolute atomic E-state index is 0.621. The topological polar surface area (TPSA) is 12.2 Å². The van der Waals surface area contributed by atoms with Gasteiger partial charge < -0.3 is 4.74 Å². The smallest absolute Gasteiger partial charge is 0.339 e. The van der Waals surface area contributed by atoms with E-state index in [1.54, 1.807) is 0 Å². The number of allylic oxidation sites excluding steroid dienone is 1. The second-order valence-electron chi connectivity index (χ2n) is 3.89. The summed E-state index contributed by atoms with van der Waals surface area (Å²) in [5.41, 5.74) is 0. The van der Waals surface area contributed by atoms with Crippen LogP contribution in [0.4, 0.5) is 0 Å². The van der Waals surface area contributed by atoms with Crippen LogP contribution in [0, 0.1) is 5.92 Å². The fraction of sp³-hybridized carbons (Fsp3) is 0.727. The summed E-state index contributed by atoms with van der Waals surface area (Å²) < 4.78 is 8.11. The molecule has 2 rings (SSSR count). The van der Waals surface area contributed by atoms with E-state index in [2.05, 4.69) is 11.2 Å². The van der Waals surface area contributed by atoms with Crippen molar-refractivity contribution in [3.05, 3.63) is 12.7 Å². The molecule has 0 amide bonds. The number of ether oxygens (including phenoxy) is 1. The first-order chi connectivity index (χ1) is 6.42. The third-order valence-corrected chi connectivity index (χ3v) is 2.93. The van der Waals surface area contributed by atoms with Crippen LogP contribution < -0.4 is 0 Å². The first-order valence-electron chi connectivity index (χ1n) is 5.27. The van der Waals surface area contributed by atoms with Crippen LogP contribution in [0.3, 0.4) is 0 Å². The average molecular weight is 180 g/mol. The Kier molecular flexibility index (Phi) is 2.67. The summed E-state index contributed by atoms with van der Waals surface area (Å²) in [4.78, 5) is 0. The summed E-state index contributed by atoms with van der Waals surface area (Å²) in [7, 11) is 0. The van der Waals surface area contributed by atoms with Gasteiger partial charge in [0.25, 0.3) is 0 Å². The highest BCUT2D eigenvalue weighted by atomic mass is 16.5. The standard InChI is InChI=1S/C11H18NO/c1-2-5-10-6-9-13-11(10)12-7-3-4-8-12/h2,10H,1,3-9H2/q+1. The fourth-order valence-corrected chi connectivity index (χ4v) is 2.25. The molecular weight excluding hydrogens is 162 g/mol. The van der Waals surface area contributed by atoms with Crippen LogP contribution in [0.1, 0.15) is 25.7 Å². The van der Waals surface area contributed by atoms with Crippen LogP contribution in [-0.4, -0.2) is 30.2 Å². The van der Waals surface area contributed by atoms with Gasteiger partial charge in [-0.15, -0.1) is 6.58 Å². The number of nitrogens with zero attached hydrogens (tertiary/aromatic N) is 1. The molecule has 1 unspecified atom stereocenters. The molecule has 2 heteroatoms. The van der Waals surface area contributed by atoms with Crippen LogP contribution in [0.25, 0.3) is 0 Å². The molecule has 0 N–H and O–H groups in total. The predicted octanol–water partition coefficient (Wildman–Crippen LogP) is 1.80. The zero-order valence-corrected chi connectivity index (χ0v) is 8.17. The van der Waals surface area contributed by atoms with E-state index < -0.39 is 0 Å². The van der Waals surface area contributed by atoms with Gasteiger partial charge in [-0.05, 0) is 12.8 Å². The highest BCUT2D eigenvalue weighted by Crippen LogP contribution is 2.21. The molecule has 0 aromatic heterocycles. The predicted molar refractivity (Wildman–Crippen MR) is 53.1 cm³/mol. The maximum Gasteiger partial charge on any atom is 0.339 e. The lowest BCUT2D eigenvalue weighted by molar-refractivity contribution is -0.516. The Morgan fingerprint density at radius 1 is 1.46 bits per heavy atom. The van der Waals surface area contributed by atoms with Crippen LogP contribution in [0.5, 0.6) is 0 Å². The summed E-state index contributed by atoms with van der Waals surface area (Å²) in [5.74, 6) is 1.87. The molecule has 0 radical (unpaired) electrons. The van der Waals surface area contributed by atoms with Crippen molar-refractivity contribution in [2.45, 2.75) is 25.7 Å². The van der Waals surface area contributed by atoms with Crippen LogP contribution in [0.15, 0.2) is 12.7 Å². The second kappa shape index (κ2) is 3.95. The van der Waals surface area contributed by atoms with Gasteiger partial charge in [0.15, 0.2) is 0 Å². The molecule has 0 spiro atoms. The molecule has 0 aliphatic carbocycles. The molecule has 2 saturated heterocycles. The first-order valence-corrected chi connectivity index (χ1v) is 5.27. The van der Waals surface area contributed by atoms with Crippen molar-refractivity contribution >= 4 is 5.90 Å². The van der Waals surface area contributed by atoms with E-state index in [1.165, 1.54) is 38.2 Å². The minimum atomic E-state index is 0.621. The van der Waals surface area contributed by atoms with Crippen molar-refractivity contribution in [2.75, 3.05) is 19.7 Å². The largest absolute Gasteiger partial charge is 0.448 e. The minimum Gasteiger partial charge on any atom is -0.448 e. The SMILES string of the molecule is C=CCC1CCOC1=[N+]1CCCC1. The quantitative estimate of drug-likeness (QED) is 0.466. The van der Waals surface area contributed by atoms with Gasteiger partial charge in [0.2, 0.25) is 0 Å². The van der Waals surface area contributed by atoms with Crippen molar-refractivity contribution in [3.63, 3.8) is 0 Å². The van der Waals surface area contributed by atoms with E-state index in [4.69, 9.17) is 4.74 Å². The molecule has 0 bridgehead atoms. The summed E-state index contributed by atoms with van der Waals surface area (Å²) in [6.07, 6.45) is 6.92. The van der Waals surface area contributed by atoms with Crippen molar-refractivity contribution in [2.24, 2.45) is 5.92 Å². The average Bonchev–Trinajstić information content (AvgIpc) is 2.71. The van der Waals surface area contributed by atoms with E-state index in [-0.39, 0.29) is 0 Å². The number of hydrogen-bond acceptors (Lipinski definition) is 1. The molecule has 2 fully saturated rings. The highest BCUT2D eigenvalue weighted by Gasteiger charge is 2.33. The van der Waals surface area contributed by atoms with Gasteiger partial charge >= 0.3 is 5.90 Å². The van der Waals surface area contributed by atoms with Gasteiger partial charge in [-0.1, -0.05) is 6.08 Å². The molecular formula is C11H18NO+. The summed E-state index contributed by atoms with van der Waals surface area (Å²) in [5, 5.41) is 0. The molecule has 0 aromatic rings. The molecule has 2 aliphatic rings. The lowest BCUT2D eigenvalue weighted by atomic mass is 10.0. The Morgan fingerprint density at radius 2 is 2.23 bits per heavy atom. The van der Waals surface area contributed by atoms with Gasteiger partial charge in [0.05, 0.1) is 12.5 Å². The second-order valence-corrected chi connectivity index (χ2v) is 3.89. The maximum atomic E-state index is 5.70. The van der Waals surface area contributed by atoms with Gasteiger partial charge in [-0.2, -0.15) is 0 Å². The Bertz CT molecular complexity index is 224. The van der Waals surface area contributed by atoms with Crippen LogP contribution >= 0.6 is 0 Å². The van der Waals surface area contributed by atoms with Crippen LogP contribution in [0.2, 0.25) is 0 Å². The normalized spacial score (nSPS) is 27.8. The number of rotatable bonds is 2. The zero-order chi connectivity index (χ0) is 9.10.